The Morgan fingerprint density at radius 3 is 2.40 bits per heavy atom. The van der Waals surface area contributed by atoms with Crippen LogP contribution in [0, 0.1) is 5.92 Å². The van der Waals surface area contributed by atoms with Crippen LogP contribution in [0.2, 0.25) is 0 Å². The molecule has 3 saturated heterocycles. The number of rotatable bonds is 6. The Hall–Kier alpha value is -3.06. The molecule has 2 bridgehead atoms. The smallest absolute Gasteiger partial charge is 0.415 e. The fourth-order valence-electron chi connectivity index (χ4n) is 4.27. The minimum Gasteiger partial charge on any atom is -0.495 e. The Kier molecular flexibility index (Phi) is 5.90. The number of para-hydroxylation sites is 2. The number of hydrogen-bond donors (Lipinski definition) is 1. The van der Waals surface area contributed by atoms with Gasteiger partial charge in [0.15, 0.2) is 0 Å². The topological polar surface area (TPSA) is 79.3 Å². The lowest BCUT2D eigenvalue weighted by molar-refractivity contribution is -0.0311. The number of amides is 1. The van der Waals surface area contributed by atoms with Gasteiger partial charge in [0.05, 0.1) is 24.9 Å². The molecule has 158 valence electrons. The highest BCUT2D eigenvalue weighted by atomic mass is 16.6. The number of carboxylic acids is 1. The fraction of sp³-hybridized carbons (Fsp3) is 0.391. The van der Waals surface area contributed by atoms with Gasteiger partial charge in [0.1, 0.15) is 11.9 Å². The minimum atomic E-state index is -0.982. The largest absolute Gasteiger partial charge is 0.495 e. The van der Waals surface area contributed by atoms with E-state index < -0.39 is 12.1 Å². The van der Waals surface area contributed by atoms with Gasteiger partial charge in [0.2, 0.25) is 0 Å². The minimum absolute atomic E-state index is 0.105. The van der Waals surface area contributed by atoms with E-state index in [0.717, 1.165) is 38.0 Å². The summed E-state index contributed by atoms with van der Waals surface area (Å²) in [6, 6.07) is 13.8. The molecule has 0 aromatic heterocycles. The molecule has 3 heterocycles. The Morgan fingerprint density at radius 2 is 1.80 bits per heavy atom. The Morgan fingerprint density at radius 1 is 1.10 bits per heavy atom. The number of carbonyl (C=O) groups excluding carboxylic acids is 1. The molecule has 0 unspecified atom stereocenters. The van der Waals surface area contributed by atoms with Gasteiger partial charge in [-0.3, -0.25) is 9.80 Å². The number of nitrogens with zero attached hydrogens (tertiary/aromatic N) is 2. The van der Waals surface area contributed by atoms with Gasteiger partial charge in [-0.15, -0.1) is 0 Å². The molecular formula is C23H26N2O5. The third kappa shape index (κ3) is 4.26. The van der Waals surface area contributed by atoms with Gasteiger partial charge < -0.3 is 14.6 Å². The van der Waals surface area contributed by atoms with Crippen LogP contribution in [-0.2, 0) is 11.3 Å². The Bertz CT molecular complexity index is 906. The highest BCUT2D eigenvalue weighted by Gasteiger charge is 2.37. The zero-order valence-electron chi connectivity index (χ0n) is 17.0. The predicted octanol–water partition coefficient (Wildman–Crippen LogP) is 3.63. The van der Waals surface area contributed by atoms with Crippen LogP contribution < -0.4 is 9.64 Å². The van der Waals surface area contributed by atoms with Crippen molar-refractivity contribution in [2.45, 2.75) is 25.5 Å². The number of piperidine rings is 3. The highest BCUT2D eigenvalue weighted by molar-refractivity contribution is 5.90. The van der Waals surface area contributed by atoms with E-state index >= 15 is 0 Å². The number of aromatic carboxylic acids is 1. The molecular weight excluding hydrogens is 384 g/mol. The van der Waals surface area contributed by atoms with Crippen LogP contribution in [0.25, 0.3) is 0 Å². The number of anilines is 1. The van der Waals surface area contributed by atoms with Crippen molar-refractivity contribution in [3.63, 3.8) is 0 Å². The third-order valence-electron chi connectivity index (χ3n) is 5.99. The second kappa shape index (κ2) is 8.75. The summed E-state index contributed by atoms with van der Waals surface area (Å²) in [5.41, 5.74) is 1.63. The lowest BCUT2D eigenvalue weighted by Gasteiger charge is -2.44. The molecule has 7 heteroatoms. The average molecular weight is 410 g/mol. The van der Waals surface area contributed by atoms with Crippen LogP contribution in [-0.4, -0.2) is 54.9 Å². The summed E-state index contributed by atoms with van der Waals surface area (Å²) in [6.07, 6.45) is 1.60. The third-order valence-corrected chi connectivity index (χ3v) is 5.99. The first-order valence-corrected chi connectivity index (χ1v) is 10.2. The first-order chi connectivity index (χ1) is 14.5. The van der Waals surface area contributed by atoms with E-state index in [2.05, 4.69) is 4.90 Å². The van der Waals surface area contributed by atoms with Crippen molar-refractivity contribution in [2.24, 2.45) is 5.92 Å². The number of benzene rings is 2. The standard InChI is InChI=1S/C23H26N2O5/c1-29-20-5-3-2-4-19(20)25(14-16-6-8-18(9-7-16)22(26)27)23(28)30-21-15-24-12-10-17(21)11-13-24/h2-9,17,21H,10-15H2,1H3,(H,26,27)/t21-/m0/s1. The van der Waals surface area contributed by atoms with Crippen LogP contribution in [0.1, 0.15) is 28.8 Å². The molecule has 0 spiro atoms. The van der Waals surface area contributed by atoms with Crippen LogP contribution in [0.4, 0.5) is 10.5 Å². The maximum Gasteiger partial charge on any atom is 0.415 e. The first kappa shape index (κ1) is 20.2. The van der Waals surface area contributed by atoms with Crippen LogP contribution in [0.5, 0.6) is 5.75 Å². The molecule has 7 nitrogen and oxygen atoms in total. The summed E-state index contributed by atoms with van der Waals surface area (Å²) in [6.45, 7) is 3.18. The quantitative estimate of drug-likeness (QED) is 0.783. The summed E-state index contributed by atoms with van der Waals surface area (Å²) in [4.78, 5) is 28.3. The molecule has 1 amide bonds. The molecule has 1 atom stereocenters. The molecule has 0 radical (unpaired) electrons. The second-order valence-corrected chi connectivity index (χ2v) is 7.82. The lowest BCUT2D eigenvalue weighted by Crippen LogP contribution is -2.53. The van der Waals surface area contributed by atoms with Crippen molar-refractivity contribution in [1.29, 1.82) is 0 Å². The van der Waals surface area contributed by atoms with Gasteiger partial charge in [-0.05, 0) is 61.7 Å². The van der Waals surface area contributed by atoms with E-state index in [-0.39, 0.29) is 18.2 Å². The number of carbonyl (C=O) groups is 2. The Labute approximate surface area is 175 Å². The van der Waals surface area contributed by atoms with Gasteiger partial charge >= 0.3 is 12.1 Å². The normalized spacial score (nSPS) is 22.4. The summed E-state index contributed by atoms with van der Waals surface area (Å²) < 4.78 is 11.4. The van der Waals surface area contributed by atoms with E-state index in [1.54, 1.807) is 30.2 Å². The zero-order chi connectivity index (χ0) is 21.1. The molecule has 2 aromatic carbocycles. The molecule has 5 rings (SSSR count). The fourth-order valence-corrected chi connectivity index (χ4v) is 4.27. The number of methoxy groups -OCH3 is 1. The summed E-state index contributed by atoms with van der Waals surface area (Å²) in [5.74, 6) is 0.00346. The highest BCUT2D eigenvalue weighted by Crippen LogP contribution is 2.33. The van der Waals surface area contributed by atoms with Gasteiger partial charge in [0, 0.05) is 6.54 Å². The van der Waals surface area contributed by atoms with E-state index in [4.69, 9.17) is 14.6 Å². The van der Waals surface area contributed by atoms with E-state index in [9.17, 15) is 9.59 Å². The molecule has 3 aliphatic rings. The molecule has 30 heavy (non-hydrogen) atoms. The van der Waals surface area contributed by atoms with Crippen molar-refractivity contribution in [2.75, 3.05) is 31.6 Å². The predicted molar refractivity (Wildman–Crippen MR) is 112 cm³/mol. The first-order valence-electron chi connectivity index (χ1n) is 10.2. The van der Waals surface area contributed by atoms with Crippen LogP contribution in [0.15, 0.2) is 48.5 Å². The summed E-state index contributed by atoms with van der Waals surface area (Å²) in [7, 11) is 1.57. The van der Waals surface area contributed by atoms with Crippen molar-refractivity contribution >= 4 is 17.7 Å². The summed E-state index contributed by atoms with van der Waals surface area (Å²) >= 11 is 0. The molecule has 2 aromatic rings. The maximum absolute atomic E-state index is 13.3. The molecule has 0 aliphatic carbocycles. The molecule has 1 N–H and O–H groups in total. The van der Waals surface area contributed by atoms with Crippen molar-refractivity contribution in [1.82, 2.24) is 4.90 Å². The summed E-state index contributed by atoms with van der Waals surface area (Å²) in [5, 5.41) is 9.12. The molecule has 3 aliphatic heterocycles. The number of hydrogen-bond acceptors (Lipinski definition) is 5. The number of fused-ring (bicyclic) bond motifs is 3. The van der Waals surface area contributed by atoms with E-state index in [1.165, 1.54) is 12.1 Å². The average Bonchev–Trinajstić information content (AvgIpc) is 2.78. The van der Waals surface area contributed by atoms with Crippen molar-refractivity contribution in [3.8, 4) is 5.75 Å². The van der Waals surface area contributed by atoms with Crippen molar-refractivity contribution < 1.29 is 24.2 Å². The lowest BCUT2D eigenvalue weighted by atomic mass is 9.86. The van der Waals surface area contributed by atoms with Gasteiger partial charge in [0.25, 0.3) is 0 Å². The monoisotopic (exact) mass is 410 g/mol. The Balaban J connectivity index is 1.58. The van der Waals surface area contributed by atoms with E-state index in [1.807, 2.05) is 18.2 Å². The SMILES string of the molecule is COc1ccccc1N(Cc1ccc(C(=O)O)cc1)C(=O)O[C@H]1CN2CCC1CC2. The zero-order valence-corrected chi connectivity index (χ0v) is 17.0. The van der Waals surface area contributed by atoms with Crippen LogP contribution in [0.3, 0.4) is 0 Å². The second-order valence-electron chi connectivity index (χ2n) is 7.82. The van der Waals surface area contributed by atoms with Gasteiger partial charge in [-0.1, -0.05) is 24.3 Å². The van der Waals surface area contributed by atoms with Crippen molar-refractivity contribution in [3.05, 3.63) is 59.7 Å². The van der Waals surface area contributed by atoms with E-state index in [0.29, 0.717) is 17.4 Å². The number of ether oxygens (including phenoxy) is 2. The van der Waals surface area contributed by atoms with Gasteiger partial charge in [-0.25, -0.2) is 9.59 Å². The van der Waals surface area contributed by atoms with Crippen LogP contribution >= 0.6 is 0 Å². The van der Waals surface area contributed by atoms with Gasteiger partial charge in [-0.2, -0.15) is 0 Å². The molecule has 0 saturated carbocycles. The number of carboxylic acid groups (broad SMARTS) is 1. The maximum atomic E-state index is 13.3. The molecule has 3 fully saturated rings.